The summed E-state index contributed by atoms with van der Waals surface area (Å²) >= 11 is 17.0. The number of nitrogens with zero attached hydrogens (tertiary/aromatic N) is 1. The molecule has 2 N–H and O–H groups in total. The molecule has 0 atom stereocenters. The van der Waals surface area contributed by atoms with Crippen LogP contribution in [-0.4, -0.2) is 37.2 Å². The van der Waals surface area contributed by atoms with E-state index in [1.165, 1.54) is 0 Å². The maximum atomic E-state index is 5.90. The molecule has 0 aliphatic heterocycles. The fourth-order valence-electron chi connectivity index (χ4n) is 1.40. The van der Waals surface area contributed by atoms with Crippen molar-refractivity contribution < 1.29 is 0 Å². The number of thiocarbonyl (C=S) groups is 1. The number of rotatable bonds is 5. The van der Waals surface area contributed by atoms with Crippen molar-refractivity contribution in [2.24, 2.45) is 0 Å². The van der Waals surface area contributed by atoms with Crippen LogP contribution in [0.25, 0.3) is 0 Å². The molecule has 18 heavy (non-hydrogen) atoms. The minimum absolute atomic E-state index is 0.576. The van der Waals surface area contributed by atoms with Crippen LogP contribution in [0.3, 0.4) is 0 Å². The van der Waals surface area contributed by atoms with Gasteiger partial charge in [-0.2, -0.15) is 0 Å². The molecule has 1 rings (SSSR count). The van der Waals surface area contributed by atoms with Crippen molar-refractivity contribution >= 4 is 46.2 Å². The third kappa shape index (κ3) is 6.40. The monoisotopic (exact) mass is 305 g/mol. The second-order valence-electron chi connectivity index (χ2n) is 4.20. The Bertz CT molecular complexity index is 390. The van der Waals surface area contributed by atoms with Crippen LogP contribution in [0, 0.1) is 0 Å². The first-order valence-corrected chi connectivity index (χ1v) is 6.79. The lowest BCUT2D eigenvalue weighted by Gasteiger charge is -2.13. The van der Waals surface area contributed by atoms with Gasteiger partial charge in [-0.1, -0.05) is 23.2 Å². The minimum atomic E-state index is 0.576. The molecule has 1 aromatic carbocycles. The van der Waals surface area contributed by atoms with Gasteiger partial charge in [-0.15, -0.1) is 0 Å². The summed E-state index contributed by atoms with van der Waals surface area (Å²) in [6, 6.07) is 5.24. The summed E-state index contributed by atoms with van der Waals surface area (Å²) < 4.78 is 0. The van der Waals surface area contributed by atoms with Gasteiger partial charge >= 0.3 is 0 Å². The molecular formula is C12H17Cl2N3S. The van der Waals surface area contributed by atoms with E-state index in [0.29, 0.717) is 15.2 Å². The molecule has 100 valence electrons. The normalized spacial score (nSPS) is 10.5. The Hall–Kier alpha value is -0.550. The van der Waals surface area contributed by atoms with Crippen LogP contribution in [0.1, 0.15) is 6.42 Å². The fraction of sp³-hybridized carbons (Fsp3) is 0.417. The van der Waals surface area contributed by atoms with Crippen molar-refractivity contribution in [1.29, 1.82) is 0 Å². The molecule has 6 heteroatoms. The van der Waals surface area contributed by atoms with E-state index < -0.39 is 0 Å². The molecule has 1 aromatic rings. The van der Waals surface area contributed by atoms with Gasteiger partial charge in [0, 0.05) is 22.3 Å². The van der Waals surface area contributed by atoms with E-state index in [2.05, 4.69) is 15.5 Å². The molecule has 0 heterocycles. The van der Waals surface area contributed by atoms with Gasteiger partial charge in [0.25, 0.3) is 0 Å². The number of hydrogen-bond donors (Lipinski definition) is 2. The van der Waals surface area contributed by atoms with Crippen LogP contribution >= 0.6 is 35.4 Å². The van der Waals surface area contributed by atoms with E-state index in [4.69, 9.17) is 35.4 Å². The standard InChI is InChI=1S/C12H17Cl2N3S/c1-17(2)5-3-4-15-12(18)16-11-7-9(13)6-10(14)8-11/h6-8H,3-5H2,1-2H3,(H2,15,16,18). The molecular weight excluding hydrogens is 289 g/mol. The van der Waals surface area contributed by atoms with E-state index in [1.807, 2.05) is 14.1 Å². The fourth-order valence-corrected chi connectivity index (χ4v) is 2.14. The van der Waals surface area contributed by atoms with Crippen LogP contribution < -0.4 is 10.6 Å². The molecule has 0 unspecified atom stereocenters. The zero-order chi connectivity index (χ0) is 13.5. The third-order valence-corrected chi connectivity index (χ3v) is 2.87. The predicted octanol–water partition coefficient (Wildman–Crippen LogP) is 3.23. The smallest absolute Gasteiger partial charge is 0.170 e. The van der Waals surface area contributed by atoms with Crippen LogP contribution in [0.4, 0.5) is 5.69 Å². The first kappa shape index (κ1) is 15.5. The van der Waals surface area contributed by atoms with Crippen molar-refractivity contribution in [3.63, 3.8) is 0 Å². The lowest BCUT2D eigenvalue weighted by molar-refractivity contribution is 0.400. The van der Waals surface area contributed by atoms with E-state index in [9.17, 15) is 0 Å². The van der Waals surface area contributed by atoms with Crippen LogP contribution in [0.2, 0.25) is 10.0 Å². The Morgan fingerprint density at radius 3 is 2.39 bits per heavy atom. The van der Waals surface area contributed by atoms with Crippen molar-refractivity contribution in [1.82, 2.24) is 10.2 Å². The second kappa shape index (κ2) is 7.79. The molecule has 0 saturated heterocycles. The maximum Gasteiger partial charge on any atom is 0.170 e. The number of hydrogen-bond acceptors (Lipinski definition) is 2. The highest BCUT2D eigenvalue weighted by Crippen LogP contribution is 2.22. The highest BCUT2D eigenvalue weighted by Gasteiger charge is 2.00. The SMILES string of the molecule is CN(C)CCCNC(=S)Nc1cc(Cl)cc(Cl)c1. The Labute approximate surface area is 123 Å². The van der Waals surface area contributed by atoms with E-state index in [1.54, 1.807) is 18.2 Å². The third-order valence-electron chi connectivity index (χ3n) is 2.19. The quantitative estimate of drug-likeness (QED) is 0.645. The van der Waals surface area contributed by atoms with Gasteiger partial charge in [-0.25, -0.2) is 0 Å². The van der Waals surface area contributed by atoms with Gasteiger partial charge in [0.15, 0.2) is 5.11 Å². The zero-order valence-corrected chi connectivity index (χ0v) is 12.8. The maximum absolute atomic E-state index is 5.90. The second-order valence-corrected chi connectivity index (χ2v) is 5.48. The molecule has 0 amide bonds. The minimum Gasteiger partial charge on any atom is -0.362 e. The van der Waals surface area contributed by atoms with Gasteiger partial charge in [-0.05, 0) is 57.5 Å². The Balaban J connectivity index is 2.35. The summed E-state index contributed by atoms with van der Waals surface area (Å²) in [5.74, 6) is 0. The van der Waals surface area contributed by atoms with Crippen molar-refractivity contribution in [3.8, 4) is 0 Å². The molecule has 0 aliphatic carbocycles. The highest BCUT2D eigenvalue weighted by atomic mass is 35.5. The molecule has 0 fully saturated rings. The molecule has 0 bridgehead atoms. The summed E-state index contributed by atoms with van der Waals surface area (Å²) in [5, 5.41) is 7.93. The highest BCUT2D eigenvalue weighted by molar-refractivity contribution is 7.80. The molecule has 0 radical (unpaired) electrons. The van der Waals surface area contributed by atoms with Gasteiger partial charge in [0.05, 0.1) is 0 Å². The van der Waals surface area contributed by atoms with Gasteiger partial charge in [0.2, 0.25) is 0 Å². The molecule has 0 aromatic heterocycles. The molecule has 0 saturated carbocycles. The number of halogens is 2. The Morgan fingerprint density at radius 2 is 1.83 bits per heavy atom. The number of nitrogens with one attached hydrogen (secondary N) is 2. The van der Waals surface area contributed by atoms with Gasteiger partial charge in [0.1, 0.15) is 0 Å². The Kier molecular flexibility index (Phi) is 6.71. The van der Waals surface area contributed by atoms with Crippen molar-refractivity contribution in [2.45, 2.75) is 6.42 Å². The first-order valence-electron chi connectivity index (χ1n) is 5.63. The van der Waals surface area contributed by atoms with Gasteiger partial charge in [-0.3, -0.25) is 0 Å². The van der Waals surface area contributed by atoms with Crippen LogP contribution in [0.15, 0.2) is 18.2 Å². The van der Waals surface area contributed by atoms with Crippen LogP contribution in [-0.2, 0) is 0 Å². The lowest BCUT2D eigenvalue weighted by atomic mass is 10.3. The van der Waals surface area contributed by atoms with E-state index in [-0.39, 0.29) is 0 Å². The average Bonchev–Trinajstić information content (AvgIpc) is 2.22. The largest absolute Gasteiger partial charge is 0.362 e. The summed E-state index contributed by atoms with van der Waals surface area (Å²) in [4.78, 5) is 2.13. The molecule has 0 aliphatic rings. The number of benzene rings is 1. The summed E-state index contributed by atoms with van der Waals surface area (Å²) in [6.07, 6.45) is 1.03. The zero-order valence-electron chi connectivity index (χ0n) is 10.5. The summed E-state index contributed by atoms with van der Waals surface area (Å²) in [7, 11) is 4.09. The van der Waals surface area contributed by atoms with Crippen molar-refractivity contribution in [2.75, 3.05) is 32.5 Å². The molecule has 3 nitrogen and oxygen atoms in total. The Morgan fingerprint density at radius 1 is 1.22 bits per heavy atom. The number of anilines is 1. The van der Waals surface area contributed by atoms with E-state index >= 15 is 0 Å². The predicted molar refractivity (Wildman–Crippen MR) is 83.9 cm³/mol. The average molecular weight is 306 g/mol. The van der Waals surface area contributed by atoms with Crippen LogP contribution in [0.5, 0.6) is 0 Å². The topological polar surface area (TPSA) is 27.3 Å². The lowest BCUT2D eigenvalue weighted by Crippen LogP contribution is -2.30. The van der Waals surface area contributed by atoms with E-state index in [0.717, 1.165) is 25.2 Å². The van der Waals surface area contributed by atoms with Gasteiger partial charge < -0.3 is 15.5 Å². The molecule has 0 spiro atoms. The first-order chi connectivity index (χ1) is 8.47. The summed E-state index contributed by atoms with van der Waals surface area (Å²) in [6.45, 7) is 1.86. The van der Waals surface area contributed by atoms with Crippen molar-refractivity contribution in [3.05, 3.63) is 28.2 Å². The summed E-state index contributed by atoms with van der Waals surface area (Å²) in [5.41, 5.74) is 0.789.